The van der Waals surface area contributed by atoms with Crippen LogP contribution < -0.4 is 4.74 Å². The summed E-state index contributed by atoms with van der Waals surface area (Å²) in [5.74, 6) is -0.334. The van der Waals surface area contributed by atoms with Crippen LogP contribution in [-0.2, 0) is 4.74 Å². The topological polar surface area (TPSA) is 61.6 Å². The molecule has 0 saturated carbocycles. The van der Waals surface area contributed by atoms with Crippen molar-refractivity contribution in [2.75, 3.05) is 7.11 Å². The van der Waals surface area contributed by atoms with Gasteiger partial charge in [-0.25, -0.2) is 9.18 Å². The van der Waals surface area contributed by atoms with Gasteiger partial charge in [0.25, 0.3) is 0 Å². The number of aryl methyl sites for hydroxylation is 1. The van der Waals surface area contributed by atoms with Gasteiger partial charge in [-0.3, -0.25) is 0 Å². The molecule has 0 aliphatic heterocycles. The van der Waals surface area contributed by atoms with Crippen molar-refractivity contribution in [3.05, 3.63) is 41.5 Å². The summed E-state index contributed by atoms with van der Waals surface area (Å²) >= 11 is 0. The second kappa shape index (κ2) is 4.87. The van der Waals surface area contributed by atoms with Crippen molar-refractivity contribution in [1.82, 2.24) is 4.98 Å². The Balaban J connectivity index is 2.20. The molecule has 0 aliphatic rings. The van der Waals surface area contributed by atoms with E-state index in [0.29, 0.717) is 11.5 Å². The molecule has 0 atom stereocenters. The fourth-order valence-electron chi connectivity index (χ4n) is 1.31. The number of aromatic nitrogens is 1. The molecule has 0 radical (unpaired) electrons. The van der Waals surface area contributed by atoms with Crippen LogP contribution in [0.3, 0.4) is 0 Å². The highest BCUT2D eigenvalue weighted by Gasteiger charge is 2.18. The van der Waals surface area contributed by atoms with E-state index in [9.17, 15) is 9.18 Å². The first kappa shape index (κ1) is 12.1. The summed E-state index contributed by atoms with van der Waals surface area (Å²) < 4.78 is 27.6. The van der Waals surface area contributed by atoms with Crippen LogP contribution in [0.4, 0.5) is 4.39 Å². The lowest BCUT2D eigenvalue weighted by Gasteiger charge is -1.99. The number of rotatable bonds is 3. The minimum absolute atomic E-state index is 0.0506. The predicted molar refractivity (Wildman–Crippen MR) is 59.1 cm³/mol. The maximum atomic E-state index is 12.7. The minimum Gasteiger partial charge on any atom is -0.464 e. The molecule has 0 unspecified atom stereocenters. The normalized spacial score (nSPS) is 10.2. The summed E-state index contributed by atoms with van der Waals surface area (Å²) in [6.45, 7) is 1.57. The smallest absolute Gasteiger partial charge is 0.400 e. The van der Waals surface area contributed by atoms with Gasteiger partial charge in [-0.15, -0.1) is 0 Å². The third-order valence-corrected chi connectivity index (χ3v) is 2.17. The van der Waals surface area contributed by atoms with Crippen LogP contribution in [0.5, 0.6) is 11.8 Å². The van der Waals surface area contributed by atoms with Crippen LogP contribution in [0.15, 0.2) is 28.7 Å². The molecule has 0 spiro atoms. The average molecular weight is 251 g/mol. The Bertz CT molecular complexity index is 562. The molecule has 18 heavy (non-hydrogen) atoms. The summed E-state index contributed by atoms with van der Waals surface area (Å²) in [7, 11) is 1.25. The minimum atomic E-state index is -0.606. The molecule has 0 amide bonds. The second-order valence-electron chi connectivity index (χ2n) is 3.43. The molecule has 1 aromatic carbocycles. The maximum absolute atomic E-state index is 12.7. The zero-order valence-corrected chi connectivity index (χ0v) is 9.77. The number of benzene rings is 1. The number of methoxy groups -OCH3 is 1. The number of nitrogens with zero attached hydrogens (tertiary/aromatic N) is 1. The summed E-state index contributed by atoms with van der Waals surface area (Å²) in [6, 6.07) is 5.33. The van der Waals surface area contributed by atoms with Crippen LogP contribution in [0, 0.1) is 12.7 Å². The third kappa shape index (κ3) is 2.48. The molecule has 0 fully saturated rings. The van der Waals surface area contributed by atoms with Crippen molar-refractivity contribution in [1.29, 1.82) is 0 Å². The number of carbonyl (C=O) groups is 1. The predicted octanol–water partition coefficient (Wildman–Crippen LogP) is 2.70. The van der Waals surface area contributed by atoms with Crippen LogP contribution in [0.25, 0.3) is 0 Å². The first-order valence-corrected chi connectivity index (χ1v) is 5.09. The molecule has 0 bridgehead atoms. The molecule has 0 N–H and O–H groups in total. The molecule has 0 aliphatic carbocycles. The highest BCUT2D eigenvalue weighted by atomic mass is 19.1. The van der Waals surface area contributed by atoms with Crippen LogP contribution in [0.1, 0.15) is 16.2 Å². The van der Waals surface area contributed by atoms with Crippen molar-refractivity contribution in [3.63, 3.8) is 0 Å². The third-order valence-electron chi connectivity index (χ3n) is 2.17. The molecule has 1 heterocycles. The van der Waals surface area contributed by atoms with E-state index in [1.165, 1.54) is 31.4 Å². The first-order chi connectivity index (χ1) is 8.60. The summed E-state index contributed by atoms with van der Waals surface area (Å²) in [5, 5.41) is 0. The van der Waals surface area contributed by atoms with Crippen molar-refractivity contribution in [2.24, 2.45) is 0 Å². The second-order valence-corrected chi connectivity index (χ2v) is 3.43. The van der Waals surface area contributed by atoms with Gasteiger partial charge in [0.05, 0.1) is 7.11 Å². The Morgan fingerprint density at radius 1 is 1.33 bits per heavy atom. The molecular formula is C12H10FNO4. The Labute approximate surface area is 102 Å². The van der Waals surface area contributed by atoms with E-state index >= 15 is 0 Å². The van der Waals surface area contributed by atoms with Crippen molar-refractivity contribution in [2.45, 2.75) is 6.92 Å². The highest BCUT2D eigenvalue weighted by Crippen LogP contribution is 2.23. The van der Waals surface area contributed by atoms with E-state index in [2.05, 4.69) is 9.72 Å². The molecular weight excluding hydrogens is 241 g/mol. The van der Waals surface area contributed by atoms with Gasteiger partial charge in [0.2, 0.25) is 0 Å². The standard InChI is InChI=1S/C12H10FNO4/c1-7-10(11(15)16-2)14-12(17-7)18-9-5-3-8(13)4-6-9/h3-6H,1-2H3. The summed E-state index contributed by atoms with van der Waals surface area (Å²) in [6.07, 6.45) is -0.0977. The Kier molecular flexibility index (Phi) is 3.27. The zero-order valence-electron chi connectivity index (χ0n) is 9.77. The summed E-state index contributed by atoms with van der Waals surface area (Å²) in [5.41, 5.74) is 0.0506. The van der Waals surface area contributed by atoms with Crippen LogP contribution in [0.2, 0.25) is 0 Å². The van der Waals surface area contributed by atoms with E-state index in [4.69, 9.17) is 9.15 Å². The van der Waals surface area contributed by atoms with E-state index < -0.39 is 5.97 Å². The quantitative estimate of drug-likeness (QED) is 0.785. The monoisotopic (exact) mass is 251 g/mol. The van der Waals surface area contributed by atoms with E-state index in [0.717, 1.165) is 0 Å². The Morgan fingerprint density at radius 3 is 2.61 bits per heavy atom. The number of oxazole rings is 1. The fourth-order valence-corrected chi connectivity index (χ4v) is 1.31. The van der Waals surface area contributed by atoms with Gasteiger partial charge in [-0.05, 0) is 31.2 Å². The van der Waals surface area contributed by atoms with Gasteiger partial charge in [0, 0.05) is 0 Å². The largest absolute Gasteiger partial charge is 0.464 e. The lowest BCUT2D eigenvalue weighted by atomic mass is 10.3. The molecule has 1 aromatic heterocycles. The number of hydrogen-bond acceptors (Lipinski definition) is 5. The SMILES string of the molecule is COC(=O)c1nc(Oc2ccc(F)cc2)oc1C. The number of ether oxygens (including phenoxy) is 2. The van der Waals surface area contributed by atoms with Crippen LogP contribution >= 0.6 is 0 Å². The lowest BCUT2D eigenvalue weighted by molar-refractivity contribution is 0.0592. The zero-order chi connectivity index (χ0) is 13.1. The van der Waals surface area contributed by atoms with Gasteiger partial charge < -0.3 is 13.9 Å². The van der Waals surface area contributed by atoms with Gasteiger partial charge >= 0.3 is 12.0 Å². The number of esters is 1. The molecule has 6 heteroatoms. The fraction of sp³-hybridized carbons (Fsp3) is 0.167. The summed E-state index contributed by atoms with van der Waals surface area (Å²) in [4.78, 5) is 15.1. The first-order valence-electron chi connectivity index (χ1n) is 5.09. The van der Waals surface area contributed by atoms with Gasteiger partial charge in [0.1, 0.15) is 17.3 Å². The highest BCUT2D eigenvalue weighted by molar-refractivity contribution is 5.88. The number of carbonyl (C=O) groups excluding carboxylic acids is 1. The lowest BCUT2D eigenvalue weighted by Crippen LogP contribution is -2.03. The van der Waals surface area contributed by atoms with Gasteiger partial charge in [-0.2, -0.15) is 4.98 Å². The van der Waals surface area contributed by atoms with Gasteiger partial charge in [0.15, 0.2) is 5.69 Å². The molecule has 5 nitrogen and oxygen atoms in total. The van der Waals surface area contributed by atoms with Crippen molar-refractivity contribution < 1.29 is 23.1 Å². The number of hydrogen-bond donors (Lipinski definition) is 0. The Hall–Kier alpha value is -2.37. The Morgan fingerprint density at radius 2 is 2.00 bits per heavy atom. The van der Waals surface area contributed by atoms with Gasteiger partial charge in [-0.1, -0.05) is 0 Å². The molecule has 0 saturated heterocycles. The van der Waals surface area contributed by atoms with E-state index in [1.807, 2.05) is 0 Å². The van der Waals surface area contributed by atoms with Crippen LogP contribution in [-0.4, -0.2) is 18.1 Å². The number of halogens is 1. The molecule has 2 aromatic rings. The van der Waals surface area contributed by atoms with Crippen molar-refractivity contribution >= 4 is 5.97 Å². The molecule has 94 valence electrons. The van der Waals surface area contributed by atoms with E-state index in [1.54, 1.807) is 6.92 Å². The molecule has 2 rings (SSSR count). The maximum Gasteiger partial charge on any atom is 0.400 e. The van der Waals surface area contributed by atoms with E-state index in [-0.39, 0.29) is 17.6 Å². The van der Waals surface area contributed by atoms with Crippen molar-refractivity contribution in [3.8, 4) is 11.8 Å². The average Bonchev–Trinajstić information content (AvgIpc) is 2.72.